The standard InChI is InChI=1S/C21H20N4O4S2/c1-2-29-16(26)10-13-11-30-20(22-13)25-19(28)14-8-9-15-17(14)23-21(31-15)24-18(27)12-6-4-3-5-7-12/h3-7,11,14H,2,8-10H2,1H3,(H,22,25,28)(H,23,24,27). The van der Waals surface area contributed by atoms with Crippen LogP contribution in [0.3, 0.4) is 0 Å². The summed E-state index contributed by atoms with van der Waals surface area (Å²) in [7, 11) is 0. The first-order valence-electron chi connectivity index (χ1n) is 9.80. The maximum Gasteiger partial charge on any atom is 0.311 e. The van der Waals surface area contributed by atoms with Crippen molar-refractivity contribution < 1.29 is 19.1 Å². The smallest absolute Gasteiger partial charge is 0.311 e. The molecule has 3 aromatic rings. The van der Waals surface area contributed by atoms with Gasteiger partial charge in [-0.1, -0.05) is 18.2 Å². The lowest BCUT2D eigenvalue weighted by Gasteiger charge is -2.08. The summed E-state index contributed by atoms with van der Waals surface area (Å²) in [5, 5.41) is 8.28. The summed E-state index contributed by atoms with van der Waals surface area (Å²) in [5.74, 6) is -1.17. The molecule has 1 unspecified atom stereocenters. The van der Waals surface area contributed by atoms with E-state index in [4.69, 9.17) is 4.74 Å². The third-order valence-corrected chi connectivity index (χ3v) is 6.56. The third-order valence-electron chi connectivity index (χ3n) is 4.70. The number of nitrogens with one attached hydrogen (secondary N) is 2. The highest BCUT2D eigenvalue weighted by molar-refractivity contribution is 7.16. The van der Waals surface area contributed by atoms with Gasteiger partial charge in [-0.15, -0.1) is 22.7 Å². The molecule has 1 aliphatic carbocycles. The molecule has 0 spiro atoms. The number of hydrogen-bond acceptors (Lipinski definition) is 8. The van der Waals surface area contributed by atoms with Gasteiger partial charge in [-0.2, -0.15) is 0 Å². The lowest BCUT2D eigenvalue weighted by molar-refractivity contribution is -0.142. The van der Waals surface area contributed by atoms with E-state index in [1.807, 2.05) is 6.07 Å². The maximum atomic E-state index is 12.8. The molecule has 2 aromatic heterocycles. The lowest BCUT2D eigenvalue weighted by atomic mass is 10.1. The number of hydrogen-bond donors (Lipinski definition) is 2. The number of anilines is 2. The zero-order valence-electron chi connectivity index (χ0n) is 16.7. The molecule has 1 aliphatic rings. The van der Waals surface area contributed by atoms with E-state index in [0.29, 0.717) is 40.2 Å². The van der Waals surface area contributed by atoms with Gasteiger partial charge in [0.25, 0.3) is 5.91 Å². The summed E-state index contributed by atoms with van der Waals surface area (Å²) in [6, 6.07) is 8.91. The molecule has 1 aromatic carbocycles. The SMILES string of the molecule is CCOC(=O)Cc1csc(NC(=O)C2CCc3sc(NC(=O)c4ccccc4)nc32)n1. The molecule has 0 saturated heterocycles. The predicted molar refractivity (Wildman–Crippen MR) is 119 cm³/mol. The molecular weight excluding hydrogens is 436 g/mol. The Morgan fingerprint density at radius 3 is 2.71 bits per heavy atom. The fourth-order valence-electron chi connectivity index (χ4n) is 3.29. The second-order valence-electron chi connectivity index (χ2n) is 6.85. The minimum absolute atomic E-state index is 0.0738. The highest BCUT2D eigenvalue weighted by atomic mass is 32.1. The molecule has 2 heterocycles. The van der Waals surface area contributed by atoms with Crippen molar-refractivity contribution in [1.29, 1.82) is 0 Å². The van der Waals surface area contributed by atoms with E-state index in [-0.39, 0.29) is 24.2 Å². The van der Waals surface area contributed by atoms with Gasteiger partial charge >= 0.3 is 5.97 Å². The predicted octanol–water partition coefficient (Wildman–Crippen LogP) is 3.63. The molecule has 0 saturated carbocycles. The summed E-state index contributed by atoms with van der Waals surface area (Å²) in [6.45, 7) is 2.06. The van der Waals surface area contributed by atoms with Crippen LogP contribution in [0.1, 0.15) is 45.9 Å². The zero-order chi connectivity index (χ0) is 21.8. The van der Waals surface area contributed by atoms with Crippen LogP contribution in [0.4, 0.5) is 10.3 Å². The summed E-state index contributed by atoms with van der Waals surface area (Å²) >= 11 is 2.66. The number of aryl methyl sites for hydroxylation is 1. The fraction of sp³-hybridized carbons (Fsp3) is 0.286. The van der Waals surface area contributed by atoms with Crippen LogP contribution in [0.5, 0.6) is 0 Å². The molecule has 8 nitrogen and oxygen atoms in total. The first kappa shape index (κ1) is 21.1. The molecule has 1 atom stereocenters. The highest BCUT2D eigenvalue weighted by Crippen LogP contribution is 2.39. The van der Waals surface area contributed by atoms with Gasteiger partial charge in [0.2, 0.25) is 5.91 Å². The van der Waals surface area contributed by atoms with Gasteiger partial charge in [0.1, 0.15) is 0 Å². The van der Waals surface area contributed by atoms with E-state index >= 15 is 0 Å². The maximum absolute atomic E-state index is 12.8. The lowest BCUT2D eigenvalue weighted by Crippen LogP contribution is -2.20. The van der Waals surface area contributed by atoms with Crippen LogP contribution < -0.4 is 10.6 Å². The molecule has 0 aliphatic heterocycles. The van der Waals surface area contributed by atoms with Crippen molar-refractivity contribution in [2.75, 3.05) is 17.2 Å². The van der Waals surface area contributed by atoms with Crippen molar-refractivity contribution in [1.82, 2.24) is 9.97 Å². The van der Waals surface area contributed by atoms with Crippen LogP contribution in [-0.2, 0) is 27.2 Å². The number of esters is 1. The zero-order valence-corrected chi connectivity index (χ0v) is 18.3. The number of fused-ring (bicyclic) bond motifs is 1. The Labute approximate surface area is 186 Å². The Hall–Kier alpha value is -3.11. The van der Waals surface area contributed by atoms with Gasteiger partial charge in [0.15, 0.2) is 10.3 Å². The van der Waals surface area contributed by atoms with Crippen LogP contribution in [0.25, 0.3) is 0 Å². The number of benzene rings is 1. The molecule has 2 N–H and O–H groups in total. The minimum atomic E-state index is -0.397. The summed E-state index contributed by atoms with van der Waals surface area (Å²) < 4.78 is 4.92. The quantitative estimate of drug-likeness (QED) is 0.526. The van der Waals surface area contributed by atoms with E-state index in [0.717, 1.165) is 11.3 Å². The molecule has 31 heavy (non-hydrogen) atoms. The number of amides is 2. The molecule has 0 radical (unpaired) electrons. The minimum Gasteiger partial charge on any atom is -0.466 e. The van der Waals surface area contributed by atoms with Crippen LogP contribution in [0, 0.1) is 0 Å². The van der Waals surface area contributed by atoms with Gasteiger partial charge in [0, 0.05) is 15.8 Å². The average Bonchev–Trinajstić information content (AvgIpc) is 3.45. The first-order valence-corrected chi connectivity index (χ1v) is 11.5. The number of carbonyl (C=O) groups excluding carboxylic acids is 3. The van der Waals surface area contributed by atoms with Gasteiger partial charge in [0.05, 0.1) is 30.3 Å². The third kappa shape index (κ3) is 4.97. The summed E-state index contributed by atoms with van der Waals surface area (Å²) in [6.07, 6.45) is 1.47. The van der Waals surface area contributed by atoms with E-state index in [2.05, 4.69) is 20.6 Å². The Balaban J connectivity index is 1.39. The number of rotatable bonds is 7. The Bertz CT molecular complexity index is 1110. The van der Waals surface area contributed by atoms with Crippen molar-refractivity contribution in [2.24, 2.45) is 0 Å². The van der Waals surface area contributed by atoms with Crippen LogP contribution in [-0.4, -0.2) is 34.4 Å². The van der Waals surface area contributed by atoms with E-state index < -0.39 is 5.92 Å². The second-order valence-corrected chi connectivity index (χ2v) is 8.80. The van der Waals surface area contributed by atoms with E-state index in [9.17, 15) is 14.4 Å². The molecule has 0 fully saturated rings. The molecule has 2 amide bonds. The number of carbonyl (C=O) groups is 3. The molecule has 10 heteroatoms. The van der Waals surface area contributed by atoms with Crippen molar-refractivity contribution in [3.63, 3.8) is 0 Å². The Morgan fingerprint density at radius 1 is 1.13 bits per heavy atom. The van der Waals surface area contributed by atoms with E-state index in [1.54, 1.807) is 36.6 Å². The van der Waals surface area contributed by atoms with Crippen molar-refractivity contribution in [3.05, 3.63) is 57.5 Å². The number of thiazole rings is 2. The average molecular weight is 457 g/mol. The van der Waals surface area contributed by atoms with Crippen molar-refractivity contribution in [2.45, 2.75) is 32.1 Å². The molecule has 4 rings (SSSR count). The van der Waals surface area contributed by atoms with E-state index in [1.165, 1.54) is 22.7 Å². The second kappa shape index (κ2) is 9.36. The number of ether oxygens (including phenoxy) is 1. The van der Waals surface area contributed by atoms with Gasteiger partial charge in [-0.05, 0) is 31.9 Å². The van der Waals surface area contributed by atoms with Crippen molar-refractivity contribution in [3.8, 4) is 0 Å². The van der Waals surface area contributed by atoms with Gasteiger partial charge in [-0.3, -0.25) is 19.7 Å². The molecular formula is C21H20N4O4S2. The Morgan fingerprint density at radius 2 is 1.94 bits per heavy atom. The number of aromatic nitrogens is 2. The normalized spacial score (nSPS) is 14.7. The topological polar surface area (TPSA) is 110 Å². The van der Waals surface area contributed by atoms with Crippen molar-refractivity contribution >= 4 is 50.7 Å². The monoisotopic (exact) mass is 456 g/mol. The summed E-state index contributed by atoms with van der Waals surface area (Å²) in [5.41, 5.74) is 1.81. The molecule has 160 valence electrons. The highest BCUT2D eigenvalue weighted by Gasteiger charge is 2.33. The van der Waals surface area contributed by atoms with Gasteiger partial charge < -0.3 is 10.1 Å². The number of nitrogens with zero attached hydrogens (tertiary/aromatic N) is 2. The first-order chi connectivity index (χ1) is 15.0. The van der Waals surface area contributed by atoms with Gasteiger partial charge in [-0.25, -0.2) is 9.97 Å². The van der Waals surface area contributed by atoms with Crippen LogP contribution in [0.2, 0.25) is 0 Å². The van der Waals surface area contributed by atoms with Crippen LogP contribution >= 0.6 is 22.7 Å². The fourth-order valence-corrected chi connectivity index (χ4v) is 5.04. The largest absolute Gasteiger partial charge is 0.466 e. The molecule has 0 bridgehead atoms. The summed E-state index contributed by atoms with van der Waals surface area (Å²) in [4.78, 5) is 46.5. The Kier molecular flexibility index (Phi) is 6.38. The van der Waals surface area contributed by atoms with Crippen LogP contribution in [0.15, 0.2) is 35.7 Å².